The molecule has 1 nitrogen and oxygen atoms in total. The molecule has 0 fully saturated rings. The second-order valence-corrected chi connectivity index (χ2v) is 18.4. The zero-order chi connectivity index (χ0) is 43.3. The van der Waals surface area contributed by atoms with Gasteiger partial charge in [-0.2, -0.15) is 0 Å². The fraction of sp³-hybridized carbons (Fsp3) is 0.0625. The molecule has 0 bridgehead atoms. The Bertz CT molecular complexity index is 3440. The highest BCUT2D eigenvalue weighted by Gasteiger charge is 2.52. The third-order valence-corrected chi connectivity index (χ3v) is 14.7. The molecule has 0 heterocycles. The van der Waals surface area contributed by atoms with E-state index in [-0.39, 0.29) is 5.41 Å². The van der Waals surface area contributed by atoms with Crippen molar-refractivity contribution < 1.29 is 0 Å². The van der Waals surface area contributed by atoms with E-state index in [9.17, 15) is 0 Å². The van der Waals surface area contributed by atoms with Gasteiger partial charge in [-0.25, -0.2) is 0 Å². The summed E-state index contributed by atoms with van der Waals surface area (Å²) < 4.78 is 0. The molecule has 0 aromatic heterocycles. The molecular weight excluding hydrogens is 783 g/mol. The number of hydrogen-bond donors (Lipinski definition) is 0. The van der Waals surface area contributed by atoms with E-state index in [0.29, 0.717) is 0 Å². The molecule has 3 aliphatic carbocycles. The summed E-state index contributed by atoms with van der Waals surface area (Å²) >= 11 is 0. The van der Waals surface area contributed by atoms with Crippen LogP contribution in [0.3, 0.4) is 0 Å². The van der Waals surface area contributed by atoms with Crippen molar-refractivity contribution in [3.8, 4) is 66.8 Å². The van der Waals surface area contributed by atoms with Crippen LogP contribution in [0, 0.1) is 0 Å². The third-order valence-electron chi connectivity index (χ3n) is 14.7. The van der Waals surface area contributed by atoms with E-state index >= 15 is 0 Å². The largest absolute Gasteiger partial charge is 0.310 e. The number of anilines is 3. The summed E-state index contributed by atoms with van der Waals surface area (Å²) in [5, 5.41) is 0. The summed E-state index contributed by atoms with van der Waals surface area (Å²) in [5.74, 6) is 0. The van der Waals surface area contributed by atoms with Gasteiger partial charge in [0.25, 0.3) is 0 Å². The van der Waals surface area contributed by atoms with Crippen LogP contribution in [0.2, 0.25) is 0 Å². The van der Waals surface area contributed by atoms with Crippen LogP contribution >= 0.6 is 0 Å². The lowest BCUT2D eigenvalue weighted by molar-refractivity contribution is 0.660. The number of fused-ring (bicyclic) bond motifs is 13. The quantitative estimate of drug-likeness (QED) is 0.161. The Hall–Kier alpha value is -8.00. The number of nitrogens with zero attached hydrogens (tertiary/aromatic N) is 1. The standard InChI is InChI=1S/C64H45N/c1-63(2)57-26-10-6-20-51(57)55-39-38-49(41-61(55)63)65(47-34-30-43(31-35-47)42-16-4-3-5-17-42)48-36-32-44(33-37-48)45-18-14-19-46(40-45)50-24-15-25-56-54-23-9-13-29-60(54)64(62(50)56)58-27-11-7-21-52(58)53-22-8-12-28-59(53)64/h3-41H,1-2H3. The molecule has 13 rings (SSSR count). The third kappa shape index (κ3) is 5.46. The summed E-state index contributed by atoms with van der Waals surface area (Å²) in [5.41, 5.74) is 26.3. The molecule has 0 aliphatic heterocycles. The van der Waals surface area contributed by atoms with Crippen LogP contribution in [0.4, 0.5) is 17.1 Å². The first-order chi connectivity index (χ1) is 32.0. The summed E-state index contributed by atoms with van der Waals surface area (Å²) in [4.78, 5) is 2.41. The van der Waals surface area contributed by atoms with Gasteiger partial charge in [-0.1, -0.05) is 208 Å². The van der Waals surface area contributed by atoms with Crippen LogP contribution in [0.15, 0.2) is 237 Å². The molecule has 65 heavy (non-hydrogen) atoms. The lowest BCUT2D eigenvalue weighted by Crippen LogP contribution is -2.26. The predicted octanol–water partition coefficient (Wildman–Crippen LogP) is 16.8. The molecule has 0 saturated carbocycles. The van der Waals surface area contributed by atoms with Gasteiger partial charge in [0.15, 0.2) is 0 Å². The van der Waals surface area contributed by atoms with Crippen molar-refractivity contribution in [2.24, 2.45) is 0 Å². The summed E-state index contributed by atoms with van der Waals surface area (Å²) in [7, 11) is 0. The maximum absolute atomic E-state index is 2.42. The molecule has 1 spiro atoms. The topological polar surface area (TPSA) is 3.24 Å². The van der Waals surface area contributed by atoms with E-state index in [2.05, 4.69) is 255 Å². The first kappa shape index (κ1) is 37.5. The average Bonchev–Trinajstić information content (AvgIpc) is 3.93. The zero-order valence-corrected chi connectivity index (χ0v) is 36.5. The Kier molecular flexibility index (Phi) is 8.24. The Morgan fingerprint density at radius 2 is 0.662 bits per heavy atom. The van der Waals surface area contributed by atoms with Gasteiger partial charge >= 0.3 is 0 Å². The van der Waals surface area contributed by atoms with Gasteiger partial charge in [-0.15, -0.1) is 0 Å². The summed E-state index contributed by atoms with van der Waals surface area (Å²) in [6, 6.07) is 88.1. The first-order valence-corrected chi connectivity index (χ1v) is 22.8. The highest BCUT2D eigenvalue weighted by atomic mass is 15.1. The lowest BCUT2D eigenvalue weighted by atomic mass is 9.68. The van der Waals surface area contributed by atoms with Gasteiger partial charge < -0.3 is 4.90 Å². The van der Waals surface area contributed by atoms with E-state index < -0.39 is 5.41 Å². The Morgan fingerprint density at radius 3 is 1.28 bits per heavy atom. The van der Waals surface area contributed by atoms with Crippen LogP contribution < -0.4 is 4.90 Å². The number of hydrogen-bond acceptors (Lipinski definition) is 1. The van der Waals surface area contributed by atoms with Crippen LogP contribution in [-0.2, 0) is 10.8 Å². The minimum atomic E-state index is -0.411. The Labute approximate surface area is 381 Å². The van der Waals surface area contributed by atoms with Crippen LogP contribution in [0.5, 0.6) is 0 Å². The molecule has 10 aromatic carbocycles. The molecule has 0 radical (unpaired) electrons. The van der Waals surface area contributed by atoms with Crippen LogP contribution in [0.25, 0.3) is 66.8 Å². The highest BCUT2D eigenvalue weighted by Crippen LogP contribution is 2.64. The average molecular weight is 828 g/mol. The minimum Gasteiger partial charge on any atom is -0.310 e. The highest BCUT2D eigenvalue weighted by molar-refractivity contribution is 5.99. The number of rotatable bonds is 6. The van der Waals surface area contributed by atoms with Gasteiger partial charge in [0, 0.05) is 22.5 Å². The summed E-state index contributed by atoms with van der Waals surface area (Å²) in [6.07, 6.45) is 0. The number of benzene rings is 10. The van der Waals surface area contributed by atoms with Crippen molar-refractivity contribution in [1.82, 2.24) is 0 Å². The van der Waals surface area contributed by atoms with Crippen molar-refractivity contribution in [3.05, 3.63) is 270 Å². The molecule has 0 N–H and O–H groups in total. The fourth-order valence-corrected chi connectivity index (χ4v) is 11.8. The maximum Gasteiger partial charge on any atom is 0.0731 e. The molecule has 0 amide bonds. The van der Waals surface area contributed by atoms with Crippen molar-refractivity contribution in [3.63, 3.8) is 0 Å². The molecule has 1 heteroatoms. The van der Waals surface area contributed by atoms with E-state index in [1.54, 1.807) is 0 Å². The van der Waals surface area contributed by atoms with Gasteiger partial charge in [0.1, 0.15) is 0 Å². The molecule has 3 aliphatic rings. The predicted molar refractivity (Wildman–Crippen MR) is 271 cm³/mol. The van der Waals surface area contributed by atoms with Gasteiger partial charge in [0.2, 0.25) is 0 Å². The molecule has 0 atom stereocenters. The normalized spacial score (nSPS) is 13.9. The zero-order valence-electron chi connectivity index (χ0n) is 36.5. The minimum absolute atomic E-state index is 0.106. The first-order valence-electron chi connectivity index (χ1n) is 22.8. The molecular formula is C64H45N. The van der Waals surface area contributed by atoms with Crippen molar-refractivity contribution in [1.29, 1.82) is 0 Å². The molecule has 0 unspecified atom stereocenters. The van der Waals surface area contributed by atoms with Gasteiger partial charge in [0.05, 0.1) is 5.41 Å². The maximum atomic E-state index is 2.42. The van der Waals surface area contributed by atoms with E-state index in [1.165, 1.54) is 100 Å². The second kappa shape index (κ2) is 14.3. The monoisotopic (exact) mass is 827 g/mol. The van der Waals surface area contributed by atoms with E-state index in [4.69, 9.17) is 0 Å². The van der Waals surface area contributed by atoms with E-state index in [1.807, 2.05) is 0 Å². The fourth-order valence-electron chi connectivity index (χ4n) is 11.8. The van der Waals surface area contributed by atoms with Crippen LogP contribution in [-0.4, -0.2) is 0 Å². The SMILES string of the molecule is CC1(C)c2ccccc2-c2ccc(N(c3ccc(-c4ccccc4)cc3)c3ccc(-c4cccc(-c5cccc6c5C5(c7ccccc7-c7ccccc75)c5ccccc5-6)c4)cc3)cc21. The van der Waals surface area contributed by atoms with Gasteiger partial charge in [-0.3, -0.25) is 0 Å². The lowest BCUT2D eigenvalue weighted by Gasteiger charge is -2.32. The van der Waals surface area contributed by atoms with E-state index in [0.717, 1.165) is 17.1 Å². The molecule has 10 aromatic rings. The Morgan fingerprint density at radius 1 is 0.262 bits per heavy atom. The Balaban J connectivity index is 0.917. The molecule has 306 valence electrons. The van der Waals surface area contributed by atoms with Crippen molar-refractivity contribution in [2.75, 3.05) is 4.90 Å². The van der Waals surface area contributed by atoms with Gasteiger partial charge in [-0.05, 0) is 143 Å². The molecule has 0 saturated heterocycles. The van der Waals surface area contributed by atoms with Crippen molar-refractivity contribution in [2.45, 2.75) is 24.7 Å². The van der Waals surface area contributed by atoms with Crippen molar-refractivity contribution >= 4 is 17.1 Å². The summed E-state index contributed by atoms with van der Waals surface area (Å²) in [6.45, 7) is 4.72. The van der Waals surface area contributed by atoms with Crippen LogP contribution in [0.1, 0.15) is 47.2 Å². The smallest absolute Gasteiger partial charge is 0.0731 e. The second-order valence-electron chi connectivity index (χ2n) is 18.4.